The molecule has 38 heavy (non-hydrogen) atoms. The van der Waals surface area contributed by atoms with Gasteiger partial charge in [-0.2, -0.15) is 0 Å². The number of pyridine rings is 4. The van der Waals surface area contributed by atoms with Crippen LogP contribution in [0.5, 0.6) is 11.5 Å². The van der Waals surface area contributed by atoms with Gasteiger partial charge in [0.15, 0.2) is 0 Å². The molecule has 5 aromatic rings. The van der Waals surface area contributed by atoms with Gasteiger partial charge in [0.25, 0.3) is 0 Å². The SMILES string of the molecule is Cc1ccnc(-c2cc(COc3cc(CO)cc(OCc4ccnc(-c5cc(C)ccn5)c4)c3)ccn2)c1. The van der Waals surface area contributed by atoms with Gasteiger partial charge in [-0.05, 0) is 102 Å². The minimum Gasteiger partial charge on any atom is -0.489 e. The molecule has 0 atom stereocenters. The Morgan fingerprint density at radius 2 is 0.947 bits per heavy atom. The fourth-order valence-corrected chi connectivity index (χ4v) is 3.98. The Morgan fingerprint density at radius 1 is 0.526 bits per heavy atom. The van der Waals surface area contributed by atoms with Crippen molar-refractivity contribution in [3.8, 4) is 34.3 Å². The lowest BCUT2D eigenvalue weighted by atomic mass is 10.1. The second kappa shape index (κ2) is 11.6. The van der Waals surface area contributed by atoms with Gasteiger partial charge in [0, 0.05) is 30.9 Å². The van der Waals surface area contributed by atoms with Crippen molar-refractivity contribution >= 4 is 0 Å². The summed E-state index contributed by atoms with van der Waals surface area (Å²) in [5, 5.41) is 9.79. The smallest absolute Gasteiger partial charge is 0.123 e. The van der Waals surface area contributed by atoms with Crippen molar-refractivity contribution in [3.63, 3.8) is 0 Å². The Balaban J connectivity index is 1.27. The van der Waals surface area contributed by atoms with Crippen LogP contribution in [0.1, 0.15) is 27.8 Å². The molecule has 5 rings (SSSR count). The van der Waals surface area contributed by atoms with E-state index in [1.165, 1.54) is 0 Å². The molecule has 1 N–H and O–H groups in total. The zero-order valence-electron chi connectivity index (χ0n) is 21.3. The molecule has 0 amide bonds. The number of hydrogen-bond acceptors (Lipinski definition) is 7. The van der Waals surface area contributed by atoms with Gasteiger partial charge in [-0.3, -0.25) is 19.9 Å². The zero-order valence-corrected chi connectivity index (χ0v) is 21.3. The monoisotopic (exact) mass is 504 g/mol. The molecule has 0 bridgehead atoms. The highest BCUT2D eigenvalue weighted by molar-refractivity contribution is 5.56. The van der Waals surface area contributed by atoms with Gasteiger partial charge in [0.2, 0.25) is 0 Å². The molecule has 0 unspecified atom stereocenters. The lowest BCUT2D eigenvalue weighted by Gasteiger charge is -2.13. The molecule has 0 radical (unpaired) electrons. The summed E-state index contributed by atoms with van der Waals surface area (Å²) in [4.78, 5) is 17.7. The van der Waals surface area contributed by atoms with Crippen molar-refractivity contribution in [1.29, 1.82) is 0 Å². The van der Waals surface area contributed by atoms with E-state index in [0.717, 1.165) is 45.0 Å². The molecule has 190 valence electrons. The molecule has 0 aliphatic heterocycles. The number of ether oxygens (including phenoxy) is 2. The van der Waals surface area contributed by atoms with Crippen LogP contribution in [0.3, 0.4) is 0 Å². The zero-order chi connectivity index (χ0) is 26.3. The van der Waals surface area contributed by atoms with Crippen molar-refractivity contribution in [2.75, 3.05) is 0 Å². The van der Waals surface area contributed by atoms with E-state index < -0.39 is 0 Å². The van der Waals surface area contributed by atoms with Gasteiger partial charge >= 0.3 is 0 Å². The fraction of sp³-hybridized carbons (Fsp3) is 0.161. The molecule has 0 fully saturated rings. The Morgan fingerprint density at radius 3 is 1.37 bits per heavy atom. The maximum atomic E-state index is 9.79. The highest BCUT2D eigenvalue weighted by Crippen LogP contribution is 2.26. The maximum absolute atomic E-state index is 9.79. The number of rotatable bonds is 9. The van der Waals surface area contributed by atoms with Crippen LogP contribution in [0, 0.1) is 13.8 Å². The van der Waals surface area contributed by atoms with E-state index >= 15 is 0 Å². The minimum atomic E-state index is -0.121. The summed E-state index contributed by atoms with van der Waals surface area (Å²) in [5.41, 5.74) is 8.11. The second-order valence-electron chi connectivity index (χ2n) is 9.08. The van der Waals surface area contributed by atoms with Crippen LogP contribution in [-0.2, 0) is 19.8 Å². The summed E-state index contributed by atoms with van der Waals surface area (Å²) in [6.07, 6.45) is 7.07. The molecular weight excluding hydrogens is 476 g/mol. The first-order valence-electron chi connectivity index (χ1n) is 12.3. The number of hydrogen-bond donors (Lipinski definition) is 1. The third kappa shape index (κ3) is 6.38. The second-order valence-corrected chi connectivity index (χ2v) is 9.08. The predicted molar refractivity (Wildman–Crippen MR) is 145 cm³/mol. The topological polar surface area (TPSA) is 90.2 Å². The van der Waals surface area contributed by atoms with Crippen molar-refractivity contribution in [1.82, 2.24) is 19.9 Å². The van der Waals surface area contributed by atoms with Crippen molar-refractivity contribution in [3.05, 3.63) is 119 Å². The summed E-state index contributed by atoms with van der Waals surface area (Å²) in [6, 6.07) is 21.1. The quantitative estimate of drug-likeness (QED) is 0.269. The molecule has 0 aliphatic carbocycles. The number of aliphatic hydroxyl groups excluding tert-OH is 1. The third-order valence-electron chi connectivity index (χ3n) is 5.94. The largest absolute Gasteiger partial charge is 0.489 e. The fourth-order valence-electron chi connectivity index (χ4n) is 3.98. The number of nitrogens with zero attached hydrogens (tertiary/aromatic N) is 4. The van der Waals surface area contributed by atoms with Crippen LogP contribution in [0.4, 0.5) is 0 Å². The maximum Gasteiger partial charge on any atom is 0.123 e. The molecule has 7 nitrogen and oxygen atoms in total. The van der Waals surface area contributed by atoms with Crippen LogP contribution in [0.25, 0.3) is 22.8 Å². The van der Waals surface area contributed by atoms with Crippen LogP contribution in [0.2, 0.25) is 0 Å². The Bertz CT molecular complexity index is 1440. The van der Waals surface area contributed by atoms with Crippen LogP contribution in [0.15, 0.2) is 91.5 Å². The summed E-state index contributed by atoms with van der Waals surface area (Å²) >= 11 is 0. The molecule has 0 spiro atoms. The molecular formula is C31H28N4O3. The summed E-state index contributed by atoms with van der Waals surface area (Å²) in [6.45, 7) is 4.62. The van der Waals surface area contributed by atoms with E-state index in [1.807, 2.05) is 80.6 Å². The standard InChI is InChI=1S/C31H28N4O3/c1-21-3-7-32-28(11-21)30-15-23(5-9-34-30)19-37-26-13-25(18-36)14-27(17-26)38-20-24-6-10-35-31(16-24)29-12-22(2)4-8-33-29/h3-17,36H,18-20H2,1-2H3. The Labute approximate surface area is 221 Å². The lowest BCUT2D eigenvalue weighted by Crippen LogP contribution is -2.01. The van der Waals surface area contributed by atoms with Gasteiger partial charge < -0.3 is 14.6 Å². The highest BCUT2D eigenvalue weighted by Gasteiger charge is 2.08. The molecule has 7 heteroatoms. The van der Waals surface area contributed by atoms with E-state index in [4.69, 9.17) is 9.47 Å². The third-order valence-corrected chi connectivity index (χ3v) is 5.94. The molecule has 0 saturated heterocycles. The normalized spacial score (nSPS) is 10.8. The van der Waals surface area contributed by atoms with Gasteiger partial charge in [0.05, 0.1) is 29.4 Å². The average Bonchev–Trinajstić information content (AvgIpc) is 2.95. The first-order chi connectivity index (χ1) is 18.6. The summed E-state index contributed by atoms with van der Waals surface area (Å²) < 4.78 is 12.1. The predicted octanol–water partition coefficient (Wildman–Crippen LogP) is 5.87. The average molecular weight is 505 g/mol. The lowest BCUT2D eigenvalue weighted by molar-refractivity contribution is 0.271. The van der Waals surface area contributed by atoms with Crippen LogP contribution in [-0.4, -0.2) is 25.0 Å². The van der Waals surface area contributed by atoms with E-state index in [9.17, 15) is 5.11 Å². The van der Waals surface area contributed by atoms with E-state index in [1.54, 1.807) is 24.8 Å². The molecule has 4 heterocycles. The van der Waals surface area contributed by atoms with E-state index in [0.29, 0.717) is 30.3 Å². The van der Waals surface area contributed by atoms with Gasteiger partial charge in [-0.15, -0.1) is 0 Å². The van der Waals surface area contributed by atoms with E-state index in [2.05, 4.69) is 19.9 Å². The molecule has 0 aliphatic rings. The van der Waals surface area contributed by atoms with E-state index in [-0.39, 0.29) is 6.61 Å². The van der Waals surface area contributed by atoms with Crippen molar-refractivity contribution in [2.24, 2.45) is 0 Å². The summed E-state index contributed by atoms with van der Waals surface area (Å²) in [5.74, 6) is 1.22. The molecule has 1 aromatic carbocycles. The molecule has 4 aromatic heterocycles. The van der Waals surface area contributed by atoms with Gasteiger partial charge in [-0.25, -0.2) is 0 Å². The Hall–Kier alpha value is -4.62. The molecule has 0 saturated carbocycles. The minimum absolute atomic E-state index is 0.121. The van der Waals surface area contributed by atoms with Crippen LogP contribution < -0.4 is 9.47 Å². The van der Waals surface area contributed by atoms with Crippen LogP contribution >= 0.6 is 0 Å². The number of benzene rings is 1. The number of aliphatic hydroxyl groups is 1. The van der Waals surface area contributed by atoms with Gasteiger partial charge in [0.1, 0.15) is 24.7 Å². The highest BCUT2D eigenvalue weighted by atomic mass is 16.5. The van der Waals surface area contributed by atoms with Crippen molar-refractivity contribution < 1.29 is 14.6 Å². The number of aromatic nitrogens is 4. The number of aryl methyl sites for hydroxylation is 2. The first kappa shape index (κ1) is 25.0. The van der Waals surface area contributed by atoms with Gasteiger partial charge in [-0.1, -0.05) is 0 Å². The Kier molecular flexibility index (Phi) is 7.66. The summed E-state index contributed by atoms with van der Waals surface area (Å²) in [7, 11) is 0. The first-order valence-corrected chi connectivity index (χ1v) is 12.3. The van der Waals surface area contributed by atoms with Crippen molar-refractivity contribution in [2.45, 2.75) is 33.7 Å².